The molecule has 0 bridgehead atoms. The van der Waals surface area contributed by atoms with Crippen molar-refractivity contribution < 1.29 is 23.5 Å². The first-order chi connectivity index (χ1) is 11.2. The molecule has 0 aliphatic heterocycles. The molecule has 0 unspecified atom stereocenters. The maximum Gasteiger partial charge on any atom is 0.374 e. The zero-order chi connectivity index (χ0) is 17.9. The summed E-state index contributed by atoms with van der Waals surface area (Å²) < 4.78 is 10.5. The molecule has 0 radical (unpaired) electrons. The fraction of sp³-hybridized carbons (Fsp3) is 0.316. The highest BCUT2D eigenvalue weighted by atomic mass is 16.5. The van der Waals surface area contributed by atoms with Crippen LogP contribution in [0, 0.1) is 5.41 Å². The van der Waals surface area contributed by atoms with Crippen molar-refractivity contribution in [3.8, 4) is 11.3 Å². The number of ether oxygens (including phenoxy) is 1. The van der Waals surface area contributed by atoms with Crippen LogP contribution in [0.15, 0.2) is 40.8 Å². The fourth-order valence-electron chi connectivity index (χ4n) is 1.89. The Morgan fingerprint density at radius 2 is 1.62 bits per heavy atom. The minimum atomic E-state index is -0.681. The number of carbonyl (C=O) groups excluding carboxylic acids is 3. The molecule has 0 amide bonds. The summed E-state index contributed by atoms with van der Waals surface area (Å²) in [4.78, 5) is 35.0. The molecule has 1 aromatic heterocycles. The van der Waals surface area contributed by atoms with Gasteiger partial charge in [-0.3, -0.25) is 9.59 Å². The zero-order valence-electron chi connectivity index (χ0n) is 14.2. The summed E-state index contributed by atoms with van der Waals surface area (Å²) in [7, 11) is 0. The first-order valence-corrected chi connectivity index (χ1v) is 7.60. The van der Waals surface area contributed by atoms with E-state index < -0.39 is 11.4 Å². The van der Waals surface area contributed by atoms with Crippen LogP contribution in [0.4, 0.5) is 0 Å². The molecule has 2 rings (SSSR count). The van der Waals surface area contributed by atoms with E-state index in [1.165, 1.54) is 13.0 Å². The van der Waals surface area contributed by atoms with Crippen LogP contribution in [0.3, 0.4) is 0 Å². The maximum absolute atomic E-state index is 12.0. The Morgan fingerprint density at radius 1 is 1.00 bits per heavy atom. The topological polar surface area (TPSA) is 73.6 Å². The van der Waals surface area contributed by atoms with E-state index in [4.69, 9.17) is 9.15 Å². The second-order valence-corrected chi connectivity index (χ2v) is 6.55. The van der Waals surface area contributed by atoms with Crippen molar-refractivity contribution in [3.63, 3.8) is 0 Å². The van der Waals surface area contributed by atoms with Crippen molar-refractivity contribution in [2.45, 2.75) is 27.7 Å². The van der Waals surface area contributed by atoms with Gasteiger partial charge in [0.25, 0.3) is 0 Å². The molecule has 0 saturated carbocycles. The van der Waals surface area contributed by atoms with Gasteiger partial charge in [-0.25, -0.2) is 4.79 Å². The molecule has 0 saturated heterocycles. The number of rotatable bonds is 5. The van der Waals surface area contributed by atoms with Gasteiger partial charge in [0.05, 0.1) is 0 Å². The number of hydrogen-bond donors (Lipinski definition) is 0. The van der Waals surface area contributed by atoms with Gasteiger partial charge in [-0.15, -0.1) is 0 Å². The van der Waals surface area contributed by atoms with Gasteiger partial charge in [-0.05, 0) is 19.1 Å². The Balaban J connectivity index is 2.06. The molecular formula is C19H20O5. The number of furan rings is 1. The van der Waals surface area contributed by atoms with E-state index in [1.54, 1.807) is 51.1 Å². The van der Waals surface area contributed by atoms with Crippen LogP contribution in [-0.4, -0.2) is 24.1 Å². The molecule has 1 aromatic carbocycles. The van der Waals surface area contributed by atoms with Gasteiger partial charge in [0.15, 0.2) is 18.2 Å². The van der Waals surface area contributed by atoms with Crippen LogP contribution in [0.5, 0.6) is 0 Å². The molecule has 0 N–H and O–H groups in total. The number of Topliss-reactive ketones (excluding diaryl/α,β-unsaturated/α-hetero) is 2. The highest BCUT2D eigenvalue weighted by molar-refractivity contribution is 5.94. The SMILES string of the molecule is CC(=O)c1ccc(-c2ccc(C(=O)OCC(=O)C(C)(C)C)o2)cc1. The quantitative estimate of drug-likeness (QED) is 0.614. The lowest BCUT2D eigenvalue weighted by Gasteiger charge is -2.15. The number of hydrogen-bond acceptors (Lipinski definition) is 5. The van der Waals surface area contributed by atoms with Crippen LogP contribution in [0.25, 0.3) is 11.3 Å². The third-order valence-electron chi connectivity index (χ3n) is 3.55. The predicted molar refractivity (Wildman–Crippen MR) is 88.9 cm³/mol. The average Bonchev–Trinajstić information content (AvgIpc) is 3.01. The van der Waals surface area contributed by atoms with Gasteiger partial charge >= 0.3 is 5.97 Å². The van der Waals surface area contributed by atoms with Crippen molar-refractivity contribution in [2.75, 3.05) is 6.61 Å². The van der Waals surface area contributed by atoms with E-state index in [-0.39, 0.29) is 23.9 Å². The first kappa shape index (κ1) is 17.7. The highest BCUT2D eigenvalue weighted by Crippen LogP contribution is 2.23. The molecule has 0 aliphatic rings. The van der Waals surface area contributed by atoms with Gasteiger partial charge in [0.1, 0.15) is 5.76 Å². The Kier molecular flexibility index (Phi) is 5.02. The van der Waals surface area contributed by atoms with Crippen molar-refractivity contribution in [1.82, 2.24) is 0 Å². The van der Waals surface area contributed by atoms with E-state index in [1.807, 2.05) is 0 Å². The summed E-state index contributed by atoms with van der Waals surface area (Å²) in [5.41, 5.74) is 0.781. The van der Waals surface area contributed by atoms with Gasteiger partial charge in [-0.1, -0.05) is 45.0 Å². The van der Waals surface area contributed by atoms with Crippen LogP contribution in [-0.2, 0) is 9.53 Å². The third kappa shape index (κ3) is 4.19. The zero-order valence-corrected chi connectivity index (χ0v) is 14.2. The monoisotopic (exact) mass is 328 g/mol. The predicted octanol–water partition coefficient (Wildman–Crippen LogP) is 3.92. The largest absolute Gasteiger partial charge is 0.452 e. The summed E-state index contributed by atoms with van der Waals surface area (Å²) in [6, 6.07) is 10.0. The second-order valence-electron chi connectivity index (χ2n) is 6.55. The van der Waals surface area contributed by atoms with Crippen LogP contribution in [0.2, 0.25) is 0 Å². The lowest BCUT2D eigenvalue weighted by atomic mass is 9.91. The van der Waals surface area contributed by atoms with E-state index in [9.17, 15) is 14.4 Å². The van der Waals surface area contributed by atoms with Crippen LogP contribution < -0.4 is 0 Å². The Morgan fingerprint density at radius 3 is 2.17 bits per heavy atom. The molecule has 126 valence electrons. The van der Waals surface area contributed by atoms with Gasteiger partial charge in [0, 0.05) is 16.5 Å². The van der Waals surface area contributed by atoms with Gasteiger partial charge in [0.2, 0.25) is 5.76 Å². The minimum Gasteiger partial charge on any atom is -0.452 e. The van der Waals surface area contributed by atoms with Crippen LogP contribution >= 0.6 is 0 Å². The van der Waals surface area contributed by atoms with Crippen molar-refractivity contribution in [1.29, 1.82) is 0 Å². The van der Waals surface area contributed by atoms with Gasteiger partial charge < -0.3 is 9.15 Å². The fourth-order valence-corrected chi connectivity index (χ4v) is 1.89. The van der Waals surface area contributed by atoms with E-state index in [0.29, 0.717) is 11.3 Å². The lowest BCUT2D eigenvalue weighted by Crippen LogP contribution is -2.26. The summed E-state index contributed by atoms with van der Waals surface area (Å²) >= 11 is 0. The summed E-state index contributed by atoms with van der Waals surface area (Å²) in [6.07, 6.45) is 0. The van der Waals surface area contributed by atoms with Crippen molar-refractivity contribution >= 4 is 17.5 Å². The molecule has 1 heterocycles. The third-order valence-corrected chi connectivity index (χ3v) is 3.55. The number of ketones is 2. The smallest absolute Gasteiger partial charge is 0.374 e. The molecule has 2 aromatic rings. The van der Waals surface area contributed by atoms with E-state index in [2.05, 4.69) is 0 Å². The molecule has 0 atom stereocenters. The minimum absolute atomic E-state index is 0.0197. The van der Waals surface area contributed by atoms with Gasteiger partial charge in [-0.2, -0.15) is 0 Å². The lowest BCUT2D eigenvalue weighted by molar-refractivity contribution is -0.129. The average molecular weight is 328 g/mol. The highest BCUT2D eigenvalue weighted by Gasteiger charge is 2.23. The standard InChI is InChI=1S/C19H20O5/c1-12(20)13-5-7-14(8-6-13)15-9-10-16(24-15)18(22)23-11-17(21)19(2,3)4/h5-10H,11H2,1-4H3. The normalized spacial score (nSPS) is 11.2. The molecule has 5 nitrogen and oxygen atoms in total. The number of benzene rings is 1. The number of carbonyl (C=O) groups is 3. The molecule has 0 fully saturated rings. The molecule has 5 heteroatoms. The molecule has 0 spiro atoms. The Hall–Kier alpha value is -2.69. The molecule has 24 heavy (non-hydrogen) atoms. The summed E-state index contributed by atoms with van der Waals surface area (Å²) in [5, 5.41) is 0. The number of esters is 1. The van der Waals surface area contributed by atoms with E-state index in [0.717, 1.165) is 5.56 Å². The Bertz CT molecular complexity index is 760. The van der Waals surface area contributed by atoms with Crippen LogP contribution in [0.1, 0.15) is 48.6 Å². The maximum atomic E-state index is 12.0. The summed E-state index contributed by atoms with van der Waals surface area (Å²) in [6.45, 7) is 6.50. The molecular weight excluding hydrogens is 308 g/mol. The second kappa shape index (κ2) is 6.83. The van der Waals surface area contributed by atoms with E-state index >= 15 is 0 Å². The first-order valence-electron chi connectivity index (χ1n) is 7.60. The van der Waals surface area contributed by atoms with Crippen molar-refractivity contribution in [2.24, 2.45) is 5.41 Å². The molecule has 0 aliphatic carbocycles. The van der Waals surface area contributed by atoms with Crippen molar-refractivity contribution in [3.05, 3.63) is 47.7 Å². The summed E-state index contributed by atoms with van der Waals surface area (Å²) in [5.74, 6) is -0.350. The Labute approximate surface area is 140 Å².